The highest BCUT2D eigenvalue weighted by Crippen LogP contribution is 2.22. The highest BCUT2D eigenvalue weighted by molar-refractivity contribution is 7.91. The molecule has 21 heavy (non-hydrogen) atoms. The van der Waals surface area contributed by atoms with E-state index in [1.165, 1.54) is 6.07 Å². The van der Waals surface area contributed by atoms with Gasteiger partial charge in [-0.05, 0) is 36.2 Å². The van der Waals surface area contributed by atoms with Crippen LogP contribution >= 0.6 is 0 Å². The molecule has 0 aliphatic heterocycles. The first kappa shape index (κ1) is 15.5. The zero-order valence-electron chi connectivity index (χ0n) is 12.1. The number of benzene rings is 2. The van der Waals surface area contributed by atoms with Crippen molar-refractivity contribution in [3.05, 3.63) is 59.4 Å². The van der Waals surface area contributed by atoms with E-state index < -0.39 is 9.84 Å². The maximum atomic E-state index is 13.2. The average molecular weight is 307 g/mol. The minimum atomic E-state index is -3.27. The number of para-hydroxylation sites is 1. The van der Waals surface area contributed by atoms with Crippen LogP contribution in [-0.4, -0.2) is 14.2 Å². The lowest BCUT2D eigenvalue weighted by atomic mass is 10.1. The zero-order chi connectivity index (χ0) is 15.5. The van der Waals surface area contributed by atoms with Gasteiger partial charge < -0.3 is 5.32 Å². The molecule has 2 aromatic rings. The third-order valence-electron chi connectivity index (χ3n) is 3.31. The van der Waals surface area contributed by atoms with Crippen molar-refractivity contribution in [2.75, 3.05) is 11.1 Å². The fraction of sp³-hybridized carbons (Fsp3) is 0.250. The quantitative estimate of drug-likeness (QED) is 0.919. The molecule has 0 saturated heterocycles. The Bertz CT molecular complexity index is 742. The highest BCUT2D eigenvalue weighted by atomic mass is 32.2. The monoisotopic (exact) mass is 307 g/mol. The zero-order valence-corrected chi connectivity index (χ0v) is 12.9. The topological polar surface area (TPSA) is 46.2 Å². The molecule has 0 radical (unpaired) electrons. The first-order valence-electron chi connectivity index (χ1n) is 6.74. The van der Waals surface area contributed by atoms with Crippen LogP contribution in [0.4, 0.5) is 10.1 Å². The SMILES string of the molecule is CCS(=O)(=O)c1ccccc1NCc1ccc(F)c(C)c1. The summed E-state index contributed by atoms with van der Waals surface area (Å²) in [5.41, 5.74) is 2.04. The van der Waals surface area contributed by atoms with Crippen LogP contribution in [0.2, 0.25) is 0 Å². The smallest absolute Gasteiger partial charge is 0.180 e. The summed E-state index contributed by atoms with van der Waals surface area (Å²) >= 11 is 0. The molecule has 3 nitrogen and oxygen atoms in total. The molecule has 0 atom stereocenters. The van der Waals surface area contributed by atoms with E-state index in [0.29, 0.717) is 22.7 Å². The summed E-state index contributed by atoms with van der Waals surface area (Å²) < 4.78 is 37.3. The summed E-state index contributed by atoms with van der Waals surface area (Å²) in [6.07, 6.45) is 0. The second kappa shape index (κ2) is 6.26. The van der Waals surface area contributed by atoms with Crippen molar-refractivity contribution in [2.45, 2.75) is 25.3 Å². The molecule has 2 aromatic carbocycles. The van der Waals surface area contributed by atoms with Gasteiger partial charge in [0.25, 0.3) is 0 Å². The Morgan fingerprint density at radius 3 is 2.52 bits per heavy atom. The molecule has 2 rings (SSSR count). The van der Waals surface area contributed by atoms with E-state index in [2.05, 4.69) is 5.32 Å². The number of anilines is 1. The van der Waals surface area contributed by atoms with Gasteiger partial charge in [-0.2, -0.15) is 0 Å². The fourth-order valence-electron chi connectivity index (χ4n) is 2.05. The van der Waals surface area contributed by atoms with E-state index in [1.807, 2.05) is 0 Å². The summed E-state index contributed by atoms with van der Waals surface area (Å²) in [6, 6.07) is 11.7. The molecule has 1 N–H and O–H groups in total. The summed E-state index contributed by atoms with van der Waals surface area (Å²) in [6.45, 7) is 3.77. The predicted octanol–water partition coefficient (Wildman–Crippen LogP) is 3.54. The normalized spacial score (nSPS) is 11.4. The van der Waals surface area contributed by atoms with Crippen LogP contribution < -0.4 is 5.32 Å². The van der Waals surface area contributed by atoms with Crippen molar-refractivity contribution in [3.8, 4) is 0 Å². The number of rotatable bonds is 5. The van der Waals surface area contributed by atoms with Crippen LogP contribution in [0.25, 0.3) is 0 Å². The number of halogens is 1. The van der Waals surface area contributed by atoms with Crippen LogP contribution in [-0.2, 0) is 16.4 Å². The molecule has 0 spiro atoms. The van der Waals surface area contributed by atoms with Crippen LogP contribution in [0.3, 0.4) is 0 Å². The Morgan fingerprint density at radius 2 is 1.86 bits per heavy atom. The molecule has 0 aromatic heterocycles. The van der Waals surface area contributed by atoms with Gasteiger partial charge in [0.15, 0.2) is 9.84 Å². The molecule has 0 amide bonds. The Morgan fingerprint density at radius 1 is 1.14 bits per heavy atom. The summed E-state index contributed by atoms with van der Waals surface area (Å²) in [5.74, 6) is -0.186. The summed E-state index contributed by atoms with van der Waals surface area (Å²) in [7, 11) is -3.27. The number of sulfone groups is 1. The Hall–Kier alpha value is -1.88. The molecular formula is C16H18FNO2S. The molecule has 0 aliphatic rings. The van der Waals surface area contributed by atoms with Gasteiger partial charge in [0.05, 0.1) is 16.3 Å². The van der Waals surface area contributed by atoms with Gasteiger partial charge in [-0.3, -0.25) is 0 Å². The van der Waals surface area contributed by atoms with Gasteiger partial charge in [-0.25, -0.2) is 12.8 Å². The molecule has 5 heteroatoms. The van der Waals surface area contributed by atoms with E-state index >= 15 is 0 Å². The molecule has 0 fully saturated rings. The second-order valence-electron chi connectivity index (χ2n) is 4.84. The minimum Gasteiger partial charge on any atom is -0.380 e. The van der Waals surface area contributed by atoms with Crippen molar-refractivity contribution >= 4 is 15.5 Å². The van der Waals surface area contributed by atoms with Crippen LogP contribution in [0.15, 0.2) is 47.4 Å². The van der Waals surface area contributed by atoms with Crippen molar-refractivity contribution < 1.29 is 12.8 Å². The molecular weight excluding hydrogens is 289 g/mol. The third-order valence-corrected chi connectivity index (χ3v) is 5.09. The molecule has 0 saturated carbocycles. The largest absolute Gasteiger partial charge is 0.380 e. The second-order valence-corrected chi connectivity index (χ2v) is 7.08. The van der Waals surface area contributed by atoms with E-state index in [1.54, 1.807) is 50.2 Å². The van der Waals surface area contributed by atoms with Crippen molar-refractivity contribution in [3.63, 3.8) is 0 Å². The van der Waals surface area contributed by atoms with E-state index in [4.69, 9.17) is 0 Å². The fourth-order valence-corrected chi connectivity index (χ4v) is 3.13. The number of hydrogen-bond acceptors (Lipinski definition) is 3. The number of aryl methyl sites for hydroxylation is 1. The van der Waals surface area contributed by atoms with Gasteiger partial charge >= 0.3 is 0 Å². The molecule has 0 bridgehead atoms. The summed E-state index contributed by atoms with van der Waals surface area (Å²) in [5, 5.41) is 3.12. The van der Waals surface area contributed by atoms with Crippen molar-refractivity contribution in [2.24, 2.45) is 0 Å². The van der Waals surface area contributed by atoms with Gasteiger partial charge in [-0.15, -0.1) is 0 Å². The Kier molecular flexibility index (Phi) is 4.63. The predicted molar refractivity (Wildman–Crippen MR) is 82.6 cm³/mol. The Labute approximate surface area is 124 Å². The Balaban J connectivity index is 2.23. The highest BCUT2D eigenvalue weighted by Gasteiger charge is 2.15. The van der Waals surface area contributed by atoms with Gasteiger partial charge in [0.2, 0.25) is 0 Å². The molecule has 112 valence electrons. The van der Waals surface area contributed by atoms with E-state index in [9.17, 15) is 12.8 Å². The maximum absolute atomic E-state index is 13.2. The van der Waals surface area contributed by atoms with Gasteiger partial charge in [-0.1, -0.05) is 31.2 Å². The third kappa shape index (κ3) is 3.61. The molecule has 0 heterocycles. The van der Waals surface area contributed by atoms with Gasteiger partial charge in [0, 0.05) is 6.54 Å². The number of nitrogens with one attached hydrogen (secondary N) is 1. The van der Waals surface area contributed by atoms with Gasteiger partial charge in [0.1, 0.15) is 5.82 Å². The standard InChI is InChI=1S/C16H18FNO2S/c1-3-21(19,20)16-7-5-4-6-15(16)18-11-13-8-9-14(17)12(2)10-13/h4-10,18H,3,11H2,1-2H3. The van der Waals surface area contributed by atoms with E-state index in [-0.39, 0.29) is 11.6 Å². The minimum absolute atomic E-state index is 0.0569. The van der Waals surface area contributed by atoms with E-state index in [0.717, 1.165) is 5.56 Å². The van der Waals surface area contributed by atoms with Crippen LogP contribution in [0.5, 0.6) is 0 Å². The molecule has 0 unspecified atom stereocenters. The first-order valence-corrected chi connectivity index (χ1v) is 8.40. The molecule has 0 aliphatic carbocycles. The van der Waals surface area contributed by atoms with Crippen LogP contribution in [0, 0.1) is 12.7 Å². The van der Waals surface area contributed by atoms with Crippen LogP contribution in [0.1, 0.15) is 18.1 Å². The average Bonchev–Trinajstić information content (AvgIpc) is 2.49. The first-order chi connectivity index (χ1) is 9.94. The lowest BCUT2D eigenvalue weighted by molar-refractivity contribution is 0.597. The maximum Gasteiger partial charge on any atom is 0.180 e. The van der Waals surface area contributed by atoms with Crippen molar-refractivity contribution in [1.82, 2.24) is 0 Å². The lowest BCUT2D eigenvalue weighted by Gasteiger charge is -2.12. The summed E-state index contributed by atoms with van der Waals surface area (Å²) in [4.78, 5) is 0.298. The number of hydrogen-bond donors (Lipinski definition) is 1. The van der Waals surface area contributed by atoms with Crippen molar-refractivity contribution in [1.29, 1.82) is 0 Å². The lowest BCUT2D eigenvalue weighted by Crippen LogP contribution is -2.09.